The summed E-state index contributed by atoms with van der Waals surface area (Å²) in [6.45, 7) is -1.02. The number of carboxylic acids is 1. The Kier molecular flexibility index (Phi) is 7.15. The molecule has 0 aliphatic carbocycles. The van der Waals surface area contributed by atoms with E-state index < -0.39 is 41.2 Å². The number of benzene rings is 3. The zero-order valence-corrected chi connectivity index (χ0v) is 21.6. The molecule has 0 unspecified atom stereocenters. The van der Waals surface area contributed by atoms with Crippen LogP contribution in [0.1, 0.15) is 16.7 Å². The van der Waals surface area contributed by atoms with Crippen molar-refractivity contribution >= 4 is 57.5 Å². The molecule has 13 heteroatoms. The molecule has 3 aromatic carbocycles. The van der Waals surface area contributed by atoms with Crippen molar-refractivity contribution in [2.24, 2.45) is 0 Å². The number of carboxylic acid groups (broad SMARTS) is 1. The Labute approximate surface area is 232 Å². The van der Waals surface area contributed by atoms with Gasteiger partial charge in [-0.15, -0.1) is 0 Å². The molecule has 1 fully saturated rings. The van der Waals surface area contributed by atoms with Crippen LogP contribution in [0.4, 0.5) is 22.4 Å². The van der Waals surface area contributed by atoms with E-state index in [-0.39, 0.29) is 22.0 Å². The molecule has 2 heterocycles. The maximum atomic E-state index is 13.7. The molecular formula is C27H16ClF4N3O4S. The molecule has 4 aromatic rings. The number of hydrogen-bond acceptors (Lipinski definition) is 5. The van der Waals surface area contributed by atoms with Crippen LogP contribution in [0.15, 0.2) is 65.6 Å². The zero-order chi connectivity index (χ0) is 28.8. The zero-order valence-electron chi connectivity index (χ0n) is 20.1. The van der Waals surface area contributed by atoms with Crippen LogP contribution >= 0.6 is 23.4 Å². The number of halogens is 5. The summed E-state index contributed by atoms with van der Waals surface area (Å²) in [6.07, 6.45) is -3.24. The van der Waals surface area contributed by atoms with E-state index in [1.807, 2.05) is 0 Å². The molecule has 0 radical (unpaired) electrons. The first-order valence-corrected chi connectivity index (χ1v) is 12.7. The number of thioether (sulfide) groups is 1. The van der Waals surface area contributed by atoms with Gasteiger partial charge in [0.1, 0.15) is 18.1 Å². The monoisotopic (exact) mass is 589 g/mol. The lowest BCUT2D eigenvalue weighted by Crippen LogP contribution is -2.33. The normalized spacial score (nSPS) is 15.0. The topological polar surface area (TPSA) is 92.5 Å². The largest absolute Gasteiger partial charge is 0.480 e. The Morgan fingerprint density at radius 2 is 1.77 bits per heavy atom. The molecule has 0 saturated carbocycles. The number of carbonyl (C=O) groups is 3. The fourth-order valence-corrected chi connectivity index (χ4v) is 5.27. The molecule has 0 spiro atoms. The average Bonchev–Trinajstić information content (AvgIpc) is 3.36. The van der Waals surface area contributed by atoms with Crippen LogP contribution in [-0.2, 0) is 22.3 Å². The molecular weight excluding hydrogens is 574 g/mol. The van der Waals surface area contributed by atoms with Gasteiger partial charge in [0.25, 0.3) is 11.1 Å². The Balaban J connectivity index is 1.61. The summed E-state index contributed by atoms with van der Waals surface area (Å²) in [5, 5.41) is 13.2. The van der Waals surface area contributed by atoms with Gasteiger partial charge in [-0.1, -0.05) is 23.7 Å². The van der Waals surface area contributed by atoms with Crippen LogP contribution in [0.2, 0.25) is 5.02 Å². The number of aromatic nitrogens is 2. The van der Waals surface area contributed by atoms with E-state index >= 15 is 0 Å². The fraction of sp³-hybridized carbons (Fsp3) is 0.111. The van der Waals surface area contributed by atoms with Crippen molar-refractivity contribution in [2.45, 2.75) is 12.7 Å². The van der Waals surface area contributed by atoms with Crippen LogP contribution in [-0.4, -0.2) is 43.4 Å². The summed E-state index contributed by atoms with van der Waals surface area (Å²) in [7, 11) is 0. The van der Waals surface area contributed by atoms with Crippen molar-refractivity contribution in [3.05, 3.63) is 93.1 Å². The van der Waals surface area contributed by atoms with Crippen LogP contribution < -0.4 is 0 Å². The number of hydrogen-bond donors (Lipinski definition) is 1. The number of aliphatic carboxylic acids is 1. The summed E-state index contributed by atoms with van der Waals surface area (Å²) >= 11 is 6.41. The molecule has 40 heavy (non-hydrogen) atoms. The summed E-state index contributed by atoms with van der Waals surface area (Å²) in [5.74, 6) is -2.58. The van der Waals surface area contributed by atoms with Crippen molar-refractivity contribution in [3.8, 4) is 11.3 Å². The highest BCUT2D eigenvalue weighted by molar-refractivity contribution is 8.18. The molecule has 1 aromatic heterocycles. The second-order valence-electron chi connectivity index (χ2n) is 8.75. The fourth-order valence-electron chi connectivity index (χ4n) is 4.26. The van der Waals surface area contributed by atoms with Gasteiger partial charge in [-0.3, -0.25) is 24.0 Å². The standard InChI is InChI=1S/C27H16ClF4N3O4S/c28-17-5-2-16(20(11-17)27(30,31)32)12-35-21-8-1-14(10-22-25(38)34(13-23(36)37)26(39)40-22)9-19(21)24(33-35)15-3-6-18(29)7-4-15/h1-11H,12-13H2,(H,36,37)/b22-10-. The van der Waals surface area contributed by atoms with Gasteiger partial charge in [-0.05, 0) is 77.5 Å². The average molecular weight is 590 g/mol. The van der Waals surface area contributed by atoms with E-state index in [4.69, 9.17) is 16.7 Å². The minimum atomic E-state index is -4.65. The third-order valence-electron chi connectivity index (χ3n) is 6.05. The summed E-state index contributed by atoms with van der Waals surface area (Å²) in [4.78, 5) is 36.3. The van der Waals surface area contributed by atoms with Crippen LogP contribution in [0.3, 0.4) is 0 Å². The van der Waals surface area contributed by atoms with E-state index in [0.29, 0.717) is 44.4 Å². The smallest absolute Gasteiger partial charge is 0.416 e. The summed E-state index contributed by atoms with van der Waals surface area (Å²) in [6, 6.07) is 13.7. The van der Waals surface area contributed by atoms with Gasteiger partial charge in [-0.2, -0.15) is 18.3 Å². The van der Waals surface area contributed by atoms with Crippen LogP contribution in [0.25, 0.3) is 28.2 Å². The Hall–Kier alpha value is -4.16. The molecule has 7 nitrogen and oxygen atoms in total. The lowest BCUT2D eigenvalue weighted by molar-refractivity contribution is -0.140. The summed E-state index contributed by atoms with van der Waals surface area (Å²) in [5.41, 5.74) is 0.795. The first kappa shape index (κ1) is 27.4. The maximum absolute atomic E-state index is 13.7. The summed E-state index contributed by atoms with van der Waals surface area (Å²) < 4.78 is 56.2. The molecule has 204 valence electrons. The van der Waals surface area contributed by atoms with Crippen LogP contribution in [0, 0.1) is 5.82 Å². The Morgan fingerprint density at radius 1 is 1.05 bits per heavy atom. The third kappa shape index (κ3) is 5.45. The molecule has 1 N–H and O–H groups in total. The highest BCUT2D eigenvalue weighted by Crippen LogP contribution is 2.37. The minimum Gasteiger partial charge on any atom is -0.480 e. The SMILES string of the molecule is O=C(O)CN1C(=O)S/C(=C\c2ccc3c(c2)c(-c2ccc(F)cc2)nn3Cc2ccc(Cl)cc2C(F)(F)F)C1=O. The third-order valence-corrected chi connectivity index (χ3v) is 7.20. The van der Waals surface area contributed by atoms with E-state index in [1.54, 1.807) is 18.2 Å². The van der Waals surface area contributed by atoms with Gasteiger partial charge in [-0.25, -0.2) is 4.39 Å². The van der Waals surface area contributed by atoms with Crippen molar-refractivity contribution in [1.29, 1.82) is 0 Å². The Bertz CT molecular complexity index is 1720. The van der Waals surface area contributed by atoms with Crippen molar-refractivity contribution in [2.75, 3.05) is 6.54 Å². The highest BCUT2D eigenvalue weighted by atomic mass is 35.5. The molecule has 2 amide bonds. The minimum absolute atomic E-state index is 0.0114. The van der Waals surface area contributed by atoms with Gasteiger partial charge >= 0.3 is 12.1 Å². The van der Waals surface area contributed by atoms with Crippen LogP contribution in [0.5, 0.6) is 0 Å². The molecule has 1 aliphatic heterocycles. The number of rotatable bonds is 6. The van der Waals surface area contributed by atoms with E-state index in [2.05, 4.69) is 5.10 Å². The van der Waals surface area contributed by atoms with Crippen molar-refractivity contribution < 1.29 is 37.1 Å². The lowest BCUT2D eigenvalue weighted by atomic mass is 10.0. The quantitative estimate of drug-likeness (QED) is 0.199. The number of fused-ring (bicyclic) bond motifs is 1. The van der Waals surface area contributed by atoms with Gasteiger partial charge in [0, 0.05) is 16.0 Å². The number of amides is 2. The van der Waals surface area contributed by atoms with Gasteiger partial charge in [0.05, 0.1) is 22.5 Å². The van der Waals surface area contributed by atoms with Gasteiger partial charge < -0.3 is 5.11 Å². The van der Waals surface area contributed by atoms with Gasteiger partial charge in [0.2, 0.25) is 0 Å². The second kappa shape index (κ2) is 10.4. The second-order valence-corrected chi connectivity index (χ2v) is 10.2. The molecule has 0 atom stereocenters. The number of nitrogens with zero attached hydrogens (tertiary/aromatic N) is 3. The maximum Gasteiger partial charge on any atom is 0.416 e. The predicted octanol–water partition coefficient (Wildman–Crippen LogP) is 6.68. The van der Waals surface area contributed by atoms with E-state index in [1.165, 1.54) is 47.2 Å². The van der Waals surface area contributed by atoms with Crippen molar-refractivity contribution in [1.82, 2.24) is 14.7 Å². The first-order valence-electron chi connectivity index (χ1n) is 11.5. The molecule has 5 rings (SSSR count). The molecule has 1 saturated heterocycles. The van der Waals surface area contributed by atoms with Crippen molar-refractivity contribution in [3.63, 3.8) is 0 Å². The first-order chi connectivity index (χ1) is 18.9. The number of imide groups is 1. The Morgan fingerprint density at radius 3 is 2.45 bits per heavy atom. The molecule has 0 bridgehead atoms. The van der Waals surface area contributed by atoms with Gasteiger partial charge in [0.15, 0.2) is 0 Å². The van der Waals surface area contributed by atoms with E-state index in [0.717, 1.165) is 6.07 Å². The number of alkyl halides is 3. The highest BCUT2D eigenvalue weighted by Gasteiger charge is 2.36. The predicted molar refractivity (Wildman–Crippen MR) is 141 cm³/mol. The number of carbonyl (C=O) groups excluding carboxylic acids is 2. The van der Waals surface area contributed by atoms with E-state index in [9.17, 15) is 31.9 Å². The lowest BCUT2D eigenvalue weighted by Gasteiger charge is -2.14. The molecule has 1 aliphatic rings.